The van der Waals surface area contributed by atoms with Crippen LogP contribution in [-0.2, 0) is 4.74 Å². The highest BCUT2D eigenvalue weighted by Gasteiger charge is 2.14. The van der Waals surface area contributed by atoms with Gasteiger partial charge in [0, 0.05) is 30.8 Å². The molecule has 0 spiro atoms. The van der Waals surface area contributed by atoms with Crippen molar-refractivity contribution in [1.82, 2.24) is 19.7 Å². The maximum absolute atomic E-state index is 12.2. The minimum absolute atomic E-state index is 0.146. The Kier molecular flexibility index (Phi) is 4.45. The van der Waals surface area contributed by atoms with E-state index in [0.717, 1.165) is 10.7 Å². The minimum atomic E-state index is -0.227. The lowest BCUT2D eigenvalue weighted by molar-refractivity contribution is 0.102. The van der Waals surface area contributed by atoms with Crippen LogP contribution in [-0.4, -0.2) is 32.8 Å². The summed E-state index contributed by atoms with van der Waals surface area (Å²) in [5, 5.41) is 11.9. The number of methoxy groups -OCH3 is 1. The Balaban J connectivity index is 1.69. The molecule has 1 aromatic carbocycles. The second kappa shape index (κ2) is 6.67. The van der Waals surface area contributed by atoms with Gasteiger partial charge < -0.3 is 9.30 Å². The van der Waals surface area contributed by atoms with Gasteiger partial charge in [-0.2, -0.15) is 0 Å². The number of aromatic nitrogens is 4. The van der Waals surface area contributed by atoms with Crippen molar-refractivity contribution in [3.05, 3.63) is 53.6 Å². The highest BCUT2D eigenvalue weighted by atomic mass is 32.1. The molecule has 3 aromatic rings. The van der Waals surface area contributed by atoms with Crippen LogP contribution in [0.2, 0.25) is 0 Å². The zero-order valence-corrected chi connectivity index (χ0v) is 13.4. The Morgan fingerprint density at radius 2 is 2.09 bits per heavy atom. The molecule has 1 atom stereocenters. The van der Waals surface area contributed by atoms with Gasteiger partial charge in [-0.3, -0.25) is 10.1 Å². The Labute approximate surface area is 137 Å². The number of amides is 1. The number of anilines is 1. The van der Waals surface area contributed by atoms with Crippen molar-refractivity contribution in [1.29, 1.82) is 0 Å². The lowest BCUT2D eigenvalue weighted by Crippen LogP contribution is -2.11. The quantitative estimate of drug-likeness (QED) is 0.778. The summed E-state index contributed by atoms with van der Waals surface area (Å²) in [6.07, 6.45) is 5.10. The number of imidazole rings is 1. The van der Waals surface area contributed by atoms with E-state index in [0.29, 0.717) is 10.7 Å². The number of rotatable bonds is 5. The molecule has 23 heavy (non-hydrogen) atoms. The third-order valence-electron chi connectivity index (χ3n) is 3.29. The molecule has 0 saturated heterocycles. The second-order valence-corrected chi connectivity index (χ2v) is 5.80. The monoisotopic (exact) mass is 329 g/mol. The fraction of sp³-hybridized carbons (Fsp3) is 0.200. The largest absolute Gasteiger partial charge is 0.374 e. The van der Waals surface area contributed by atoms with Crippen LogP contribution in [0, 0.1) is 0 Å². The van der Waals surface area contributed by atoms with Gasteiger partial charge in [-0.25, -0.2) is 4.98 Å². The summed E-state index contributed by atoms with van der Waals surface area (Å²) < 4.78 is 7.04. The molecule has 0 bridgehead atoms. The number of carbonyl (C=O) groups excluding carboxylic acids is 1. The van der Waals surface area contributed by atoms with E-state index in [-0.39, 0.29) is 12.0 Å². The molecule has 8 heteroatoms. The summed E-state index contributed by atoms with van der Waals surface area (Å²) in [6.45, 7) is 1.88. The normalized spacial score (nSPS) is 12.1. The fourth-order valence-electron chi connectivity index (χ4n) is 1.92. The van der Waals surface area contributed by atoms with Gasteiger partial charge in [-0.15, -0.1) is 10.2 Å². The topological polar surface area (TPSA) is 81.9 Å². The number of nitrogens with one attached hydrogen (secondary N) is 1. The van der Waals surface area contributed by atoms with E-state index >= 15 is 0 Å². The van der Waals surface area contributed by atoms with Crippen LogP contribution in [0.4, 0.5) is 5.13 Å². The van der Waals surface area contributed by atoms with Crippen LogP contribution in [0.1, 0.15) is 28.4 Å². The summed E-state index contributed by atoms with van der Waals surface area (Å²) in [4.78, 5) is 16.2. The lowest BCUT2D eigenvalue weighted by Gasteiger charge is -2.04. The second-order valence-electron chi connectivity index (χ2n) is 4.79. The SMILES string of the molecule is COC(C)c1nnc(NC(=O)c2ccc(-n3ccnc3)cc2)s1. The van der Waals surface area contributed by atoms with Gasteiger partial charge in [0.1, 0.15) is 11.1 Å². The molecule has 0 radical (unpaired) electrons. The summed E-state index contributed by atoms with van der Waals surface area (Å²) in [7, 11) is 1.60. The van der Waals surface area contributed by atoms with Gasteiger partial charge in [0.2, 0.25) is 5.13 Å². The average Bonchev–Trinajstić information content (AvgIpc) is 3.26. The predicted molar refractivity (Wildman–Crippen MR) is 86.9 cm³/mol. The number of hydrogen-bond donors (Lipinski definition) is 1. The molecule has 1 unspecified atom stereocenters. The molecule has 2 aromatic heterocycles. The lowest BCUT2D eigenvalue weighted by atomic mass is 10.2. The summed E-state index contributed by atoms with van der Waals surface area (Å²) in [5.41, 5.74) is 1.48. The molecule has 2 heterocycles. The van der Waals surface area contributed by atoms with Crippen molar-refractivity contribution >= 4 is 22.4 Å². The number of carbonyl (C=O) groups is 1. The third-order valence-corrected chi connectivity index (χ3v) is 4.29. The molecule has 0 fully saturated rings. The molecule has 7 nitrogen and oxygen atoms in total. The van der Waals surface area contributed by atoms with E-state index in [4.69, 9.17) is 4.74 Å². The molecule has 0 aliphatic carbocycles. The Morgan fingerprint density at radius 1 is 1.30 bits per heavy atom. The van der Waals surface area contributed by atoms with E-state index in [1.54, 1.807) is 31.8 Å². The average molecular weight is 329 g/mol. The Hall–Kier alpha value is -2.58. The molecule has 3 rings (SSSR count). The van der Waals surface area contributed by atoms with E-state index in [1.165, 1.54) is 11.3 Å². The van der Waals surface area contributed by atoms with Crippen LogP contribution in [0.15, 0.2) is 43.0 Å². The van der Waals surface area contributed by atoms with Gasteiger partial charge in [0.15, 0.2) is 0 Å². The van der Waals surface area contributed by atoms with Gasteiger partial charge in [-0.05, 0) is 31.2 Å². The smallest absolute Gasteiger partial charge is 0.257 e. The molecule has 1 N–H and O–H groups in total. The van der Waals surface area contributed by atoms with Gasteiger partial charge in [-0.1, -0.05) is 11.3 Å². The zero-order chi connectivity index (χ0) is 16.2. The molecule has 0 saturated carbocycles. The van der Waals surface area contributed by atoms with Crippen LogP contribution in [0.3, 0.4) is 0 Å². The van der Waals surface area contributed by atoms with Crippen molar-refractivity contribution in [3.8, 4) is 5.69 Å². The third kappa shape index (κ3) is 3.43. The van der Waals surface area contributed by atoms with E-state index < -0.39 is 0 Å². The molecular weight excluding hydrogens is 314 g/mol. The number of hydrogen-bond acceptors (Lipinski definition) is 6. The molecule has 118 valence electrons. The highest BCUT2D eigenvalue weighted by molar-refractivity contribution is 7.15. The standard InChI is InChI=1S/C15H15N5O2S/c1-10(22-2)14-18-19-15(23-14)17-13(21)11-3-5-12(6-4-11)20-8-7-16-9-20/h3-10H,1-2H3,(H,17,19,21). The first-order valence-electron chi connectivity index (χ1n) is 6.93. The van der Waals surface area contributed by atoms with Gasteiger partial charge >= 0.3 is 0 Å². The van der Waals surface area contributed by atoms with Crippen LogP contribution in [0.25, 0.3) is 5.69 Å². The van der Waals surface area contributed by atoms with E-state index in [9.17, 15) is 4.79 Å². The van der Waals surface area contributed by atoms with Gasteiger partial charge in [0.25, 0.3) is 5.91 Å². The van der Waals surface area contributed by atoms with Crippen molar-refractivity contribution in [2.24, 2.45) is 0 Å². The Morgan fingerprint density at radius 3 is 2.74 bits per heavy atom. The van der Waals surface area contributed by atoms with Crippen molar-refractivity contribution < 1.29 is 9.53 Å². The minimum Gasteiger partial charge on any atom is -0.374 e. The number of benzene rings is 1. The van der Waals surface area contributed by atoms with Crippen LogP contribution in [0.5, 0.6) is 0 Å². The predicted octanol–water partition coefficient (Wildman–Crippen LogP) is 2.68. The van der Waals surface area contributed by atoms with Crippen molar-refractivity contribution in [3.63, 3.8) is 0 Å². The molecule has 1 amide bonds. The maximum Gasteiger partial charge on any atom is 0.257 e. The van der Waals surface area contributed by atoms with E-state index in [2.05, 4.69) is 20.5 Å². The van der Waals surface area contributed by atoms with Crippen molar-refractivity contribution in [2.75, 3.05) is 12.4 Å². The first kappa shape index (κ1) is 15.3. The first-order chi connectivity index (χ1) is 11.2. The van der Waals surface area contributed by atoms with Gasteiger partial charge in [0.05, 0.1) is 6.33 Å². The highest BCUT2D eigenvalue weighted by Crippen LogP contribution is 2.23. The number of nitrogens with zero attached hydrogens (tertiary/aromatic N) is 4. The summed E-state index contributed by atoms with van der Waals surface area (Å²) in [5.74, 6) is -0.227. The van der Waals surface area contributed by atoms with Crippen molar-refractivity contribution in [2.45, 2.75) is 13.0 Å². The van der Waals surface area contributed by atoms with E-state index in [1.807, 2.05) is 29.8 Å². The summed E-state index contributed by atoms with van der Waals surface area (Å²) in [6, 6.07) is 7.22. The molecule has 0 aliphatic heterocycles. The molecule has 0 aliphatic rings. The van der Waals surface area contributed by atoms with Crippen LogP contribution < -0.4 is 5.32 Å². The first-order valence-corrected chi connectivity index (χ1v) is 7.75. The van der Waals surface area contributed by atoms with Crippen LogP contribution >= 0.6 is 11.3 Å². The fourth-order valence-corrected chi connectivity index (χ4v) is 2.68. The number of ether oxygens (including phenoxy) is 1. The zero-order valence-electron chi connectivity index (χ0n) is 12.6. The maximum atomic E-state index is 12.2. The molecular formula is C15H15N5O2S. The summed E-state index contributed by atoms with van der Waals surface area (Å²) >= 11 is 1.30. The Bertz CT molecular complexity index is 783.